The molecule has 6 heteroatoms. The van der Waals surface area contributed by atoms with Crippen LogP contribution in [0.1, 0.15) is 12.3 Å². The highest BCUT2D eigenvalue weighted by atomic mass is 19.1. The van der Waals surface area contributed by atoms with E-state index in [9.17, 15) is 13.6 Å². The minimum Gasteiger partial charge on any atom is -0.441 e. The standard InChI is InChI=1S/C18H14F2N2O2/c19-12-5-7-13(8-6-12)22-17(23)9-10-18-21-11-16(24-18)14-3-1-2-4-15(14)20/h1-8,11H,9-10H2,(H,22,23). The first-order chi connectivity index (χ1) is 11.6. The quantitative estimate of drug-likeness (QED) is 0.764. The van der Waals surface area contributed by atoms with Crippen molar-refractivity contribution in [3.63, 3.8) is 0 Å². The van der Waals surface area contributed by atoms with Crippen LogP contribution in [0.4, 0.5) is 14.5 Å². The zero-order chi connectivity index (χ0) is 16.9. The van der Waals surface area contributed by atoms with Gasteiger partial charge in [0.05, 0.1) is 11.8 Å². The highest BCUT2D eigenvalue weighted by Gasteiger charge is 2.12. The molecule has 0 unspecified atom stereocenters. The number of benzene rings is 2. The van der Waals surface area contributed by atoms with Gasteiger partial charge >= 0.3 is 0 Å². The maximum absolute atomic E-state index is 13.7. The summed E-state index contributed by atoms with van der Waals surface area (Å²) in [5, 5.41) is 2.65. The largest absolute Gasteiger partial charge is 0.441 e. The van der Waals surface area contributed by atoms with Crippen molar-refractivity contribution in [1.29, 1.82) is 0 Å². The van der Waals surface area contributed by atoms with Crippen LogP contribution < -0.4 is 5.32 Å². The summed E-state index contributed by atoms with van der Waals surface area (Å²) in [5.74, 6) is -0.334. The van der Waals surface area contributed by atoms with E-state index < -0.39 is 5.82 Å². The van der Waals surface area contributed by atoms with Crippen molar-refractivity contribution in [2.24, 2.45) is 0 Å². The zero-order valence-corrected chi connectivity index (χ0v) is 12.6. The Morgan fingerprint density at radius 1 is 1.08 bits per heavy atom. The Morgan fingerprint density at radius 3 is 2.58 bits per heavy atom. The second kappa shape index (κ2) is 7.04. The third-order valence-corrected chi connectivity index (χ3v) is 3.39. The molecule has 3 aromatic rings. The van der Waals surface area contributed by atoms with Crippen LogP contribution >= 0.6 is 0 Å². The molecule has 0 atom stereocenters. The highest BCUT2D eigenvalue weighted by molar-refractivity contribution is 5.90. The monoisotopic (exact) mass is 328 g/mol. The molecule has 3 rings (SSSR count). The predicted octanol–water partition coefficient (Wildman–Crippen LogP) is 4.19. The Hall–Kier alpha value is -3.02. The van der Waals surface area contributed by atoms with Crippen LogP contribution in [0.5, 0.6) is 0 Å². The fraction of sp³-hybridized carbons (Fsp3) is 0.111. The van der Waals surface area contributed by atoms with Crippen LogP contribution in [0.3, 0.4) is 0 Å². The van der Waals surface area contributed by atoms with Crippen LogP contribution in [-0.2, 0) is 11.2 Å². The summed E-state index contributed by atoms with van der Waals surface area (Å²) in [6.45, 7) is 0. The van der Waals surface area contributed by atoms with Gasteiger partial charge in [-0.3, -0.25) is 4.79 Å². The summed E-state index contributed by atoms with van der Waals surface area (Å²) in [5.41, 5.74) is 0.841. The summed E-state index contributed by atoms with van der Waals surface area (Å²) < 4.78 is 32.0. The first-order valence-corrected chi connectivity index (χ1v) is 7.37. The number of oxazole rings is 1. The van der Waals surface area contributed by atoms with E-state index in [-0.39, 0.29) is 24.6 Å². The summed E-state index contributed by atoms with van der Waals surface area (Å²) in [7, 11) is 0. The fourth-order valence-electron chi connectivity index (χ4n) is 2.19. The van der Waals surface area contributed by atoms with Crippen molar-refractivity contribution >= 4 is 11.6 Å². The summed E-state index contributed by atoms with van der Waals surface area (Å²) in [6.07, 6.45) is 1.86. The maximum Gasteiger partial charge on any atom is 0.224 e. The molecule has 2 aromatic carbocycles. The summed E-state index contributed by atoms with van der Waals surface area (Å²) in [4.78, 5) is 15.9. The van der Waals surface area contributed by atoms with Gasteiger partial charge in [0.15, 0.2) is 11.7 Å². The second-order valence-electron chi connectivity index (χ2n) is 5.15. The second-order valence-corrected chi connectivity index (χ2v) is 5.15. The number of carbonyl (C=O) groups is 1. The first kappa shape index (κ1) is 15.9. The third-order valence-electron chi connectivity index (χ3n) is 3.39. The van der Waals surface area contributed by atoms with Gasteiger partial charge in [0.25, 0.3) is 0 Å². The van der Waals surface area contributed by atoms with Crippen molar-refractivity contribution in [2.75, 3.05) is 5.32 Å². The van der Waals surface area contributed by atoms with E-state index >= 15 is 0 Å². The fourth-order valence-corrected chi connectivity index (χ4v) is 2.19. The van der Waals surface area contributed by atoms with E-state index in [0.717, 1.165) is 0 Å². The molecule has 1 aromatic heterocycles. The molecule has 122 valence electrons. The smallest absolute Gasteiger partial charge is 0.224 e. The number of aromatic nitrogens is 1. The zero-order valence-electron chi connectivity index (χ0n) is 12.6. The number of carbonyl (C=O) groups excluding carboxylic acids is 1. The lowest BCUT2D eigenvalue weighted by atomic mass is 10.2. The number of rotatable bonds is 5. The molecule has 0 saturated heterocycles. The Morgan fingerprint density at radius 2 is 1.83 bits per heavy atom. The number of nitrogens with one attached hydrogen (secondary N) is 1. The lowest BCUT2D eigenvalue weighted by Gasteiger charge is -2.03. The van der Waals surface area contributed by atoms with Gasteiger partial charge in [0, 0.05) is 18.5 Å². The van der Waals surface area contributed by atoms with E-state index in [1.165, 1.54) is 36.5 Å². The normalized spacial score (nSPS) is 10.6. The topological polar surface area (TPSA) is 55.1 Å². The molecular formula is C18H14F2N2O2. The maximum atomic E-state index is 13.7. The van der Waals surface area contributed by atoms with Crippen LogP contribution in [0.2, 0.25) is 0 Å². The SMILES string of the molecule is O=C(CCc1ncc(-c2ccccc2F)o1)Nc1ccc(F)cc1. The molecule has 24 heavy (non-hydrogen) atoms. The lowest BCUT2D eigenvalue weighted by molar-refractivity contribution is -0.116. The molecule has 0 bridgehead atoms. The van der Waals surface area contributed by atoms with E-state index in [0.29, 0.717) is 22.9 Å². The minimum absolute atomic E-state index is 0.147. The third kappa shape index (κ3) is 3.84. The van der Waals surface area contributed by atoms with Gasteiger partial charge in [-0.1, -0.05) is 12.1 Å². The lowest BCUT2D eigenvalue weighted by Crippen LogP contribution is -2.12. The van der Waals surface area contributed by atoms with Crippen LogP contribution in [0.15, 0.2) is 59.1 Å². The molecule has 0 aliphatic rings. The minimum atomic E-state index is -0.394. The van der Waals surface area contributed by atoms with Crippen molar-refractivity contribution in [1.82, 2.24) is 4.98 Å². The van der Waals surface area contributed by atoms with Crippen LogP contribution in [-0.4, -0.2) is 10.9 Å². The van der Waals surface area contributed by atoms with Gasteiger partial charge in [-0.25, -0.2) is 13.8 Å². The van der Waals surface area contributed by atoms with Gasteiger partial charge in [0.1, 0.15) is 11.6 Å². The van der Waals surface area contributed by atoms with E-state index in [2.05, 4.69) is 10.3 Å². The molecular weight excluding hydrogens is 314 g/mol. The number of hydrogen-bond donors (Lipinski definition) is 1. The number of halogens is 2. The molecule has 4 nitrogen and oxygen atoms in total. The van der Waals surface area contributed by atoms with Gasteiger partial charge in [0.2, 0.25) is 5.91 Å². The summed E-state index contributed by atoms with van der Waals surface area (Å²) in [6, 6.07) is 11.7. The number of amides is 1. The number of aryl methyl sites for hydroxylation is 1. The molecule has 0 saturated carbocycles. The van der Waals surface area contributed by atoms with Crippen molar-refractivity contribution in [2.45, 2.75) is 12.8 Å². The molecule has 0 fully saturated rings. The average Bonchev–Trinajstić information content (AvgIpc) is 3.04. The Bertz CT molecular complexity index is 844. The van der Waals surface area contributed by atoms with Gasteiger partial charge < -0.3 is 9.73 Å². The molecule has 0 spiro atoms. The van der Waals surface area contributed by atoms with E-state index in [4.69, 9.17) is 4.42 Å². The van der Waals surface area contributed by atoms with Crippen molar-refractivity contribution in [3.8, 4) is 11.3 Å². The van der Waals surface area contributed by atoms with Gasteiger partial charge in [-0.15, -0.1) is 0 Å². The number of anilines is 1. The van der Waals surface area contributed by atoms with Crippen LogP contribution in [0, 0.1) is 11.6 Å². The van der Waals surface area contributed by atoms with Crippen LogP contribution in [0.25, 0.3) is 11.3 Å². The molecule has 1 N–H and O–H groups in total. The van der Waals surface area contributed by atoms with Crippen molar-refractivity contribution < 1.29 is 18.0 Å². The Kier molecular flexibility index (Phi) is 4.65. The van der Waals surface area contributed by atoms with E-state index in [1.807, 2.05) is 0 Å². The van der Waals surface area contributed by atoms with E-state index in [1.54, 1.807) is 18.2 Å². The number of nitrogens with zero attached hydrogens (tertiary/aromatic N) is 1. The molecule has 1 heterocycles. The predicted molar refractivity (Wildman–Crippen MR) is 85.2 cm³/mol. The molecule has 0 aliphatic heterocycles. The van der Waals surface area contributed by atoms with Gasteiger partial charge in [-0.05, 0) is 36.4 Å². The number of hydrogen-bond acceptors (Lipinski definition) is 3. The molecule has 1 amide bonds. The highest BCUT2D eigenvalue weighted by Crippen LogP contribution is 2.23. The summed E-state index contributed by atoms with van der Waals surface area (Å²) >= 11 is 0. The Labute approximate surface area is 137 Å². The van der Waals surface area contributed by atoms with Crippen molar-refractivity contribution in [3.05, 3.63) is 72.3 Å². The average molecular weight is 328 g/mol. The molecule has 0 radical (unpaired) electrons. The van der Waals surface area contributed by atoms with Gasteiger partial charge in [-0.2, -0.15) is 0 Å². The molecule has 0 aliphatic carbocycles. The Balaban J connectivity index is 1.58. The first-order valence-electron chi connectivity index (χ1n) is 7.37.